The van der Waals surface area contributed by atoms with Gasteiger partial charge >= 0.3 is 0 Å². The Hall–Kier alpha value is -0.510. The summed E-state index contributed by atoms with van der Waals surface area (Å²) in [6, 6.07) is 8.58. The summed E-state index contributed by atoms with van der Waals surface area (Å²) in [7, 11) is 0. The molecule has 0 heterocycles. The molecule has 2 N–H and O–H groups in total. The molecule has 0 aliphatic heterocycles. The minimum absolute atomic E-state index is 0.309. The Balaban J connectivity index is 2.03. The number of thioether (sulfide) groups is 1. The fourth-order valence-electron chi connectivity index (χ4n) is 1.47. The van der Waals surface area contributed by atoms with Crippen LogP contribution in [0.25, 0.3) is 0 Å². The lowest BCUT2D eigenvalue weighted by Crippen LogP contribution is -2.16. The first-order chi connectivity index (χ1) is 7.83. The highest BCUT2D eigenvalue weighted by molar-refractivity contribution is 7.99. The van der Waals surface area contributed by atoms with Crippen molar-refractivity contribution < 1.29 is 5.11 Å². The zero-order valence-electron chi connectivity index (χ0n) is 9.91. The summed E-state index contributed by atoms with van der Waals surface area (Å²) in [5, 5.41) is 12.0. The van der Waals surface area contributed by atoms with E-state index >= 15 is 0 Å². The fourth-order valence-corrected chi connectivity index (χ4v) is 2.29. The predicted octanol–water partition coefficient (Wildman–Crippen LogP) is 2.20. The van der Waals surface area contributed by atoms with Gasteiger partial charge in [0.25, 0.3) is 0 Å². The molecule has 1 aromatic carbocycles. The van der Waals surface area contributed by atoms with Crippen LogP contribution in [0, 0.1) is 6.92 Å². The lowest BCUT2D eigenvalue weighted by Gasteiger charge is -2.05. The van der Waals surface area contributed by atoms with Gasteiger partial charge in [0.05, 0.1) is 0 Å². The van der Waals surface area contributed by atoms with Crippen LogP contribution in [0.15, 0.2) is 24.3 Å². The summed E-state index contributed by atoms with van der Waals surface area (Å²) in [4.78, 5) is 0. The molecule has 2 nitrogen and oxygen atoms in total. The first-order valence-corrected chi connectivity index (χ1v) is 6.93. The maximum Gasteiger partial charge on any atom is 0.0438 e. The molecule has 1 aromatic rings. The van der Waals surface area contributed by atoms with Crippen LogP contribution >= 0.6 is 11.8 Å². The Bertz CT molecular complexity index is 291. The number of hydrogen-bond acceptors (Lipinski definition) is 3. The monoisotopic (exact) mass is 239 g/mol. The van der Waals surface area contributed by atoms with Gasteiger partial charge in [-0.1, -0.05) is 29.8 Å². The van der Waals surface area contributed by atoms with Crippen molar-refractivity contribution in [2.24, 2.45) is 0 Å². The molecule has 16 heavy (non-hydrogen) atoms. The number of aliphatic hydroxyl groups excluding tert-OH is 1. The topological polar surface area (TPSA) is 32.3 Å². The van der Waals surface area contributed by atoms with Gasteiger partial charge in [-0.3, -0.25) is 0 Å². The Morgan fingerprint density at radius 2 is 2.19 bits per heavy atom. The highest BCUT2D eigenvalue weighted by atomic mass is 32.2. The smallest absolute Gasteiger partial charge is 0.0438 e. The number of rotatable bonds is 8. The van der Waals surface area contributed by atoms with Gasteiger partial charge < -0.3 is 10.4 Å². The quantitative estimate of drug-likeness (QED) is 0.682. The second-order valence-corrected chi connectivity index (χ2v) is 5.08. The molecule has 0 saturated heterocycles. The van der Waals surface area contributed by atoms with Gasteiger partial charge in [0.1, 0.15) is 0 Å². The Labute approximate surface area is 102 Å². The van der Waals surface area contributed by atoms with Crippen molar-refractivity contribution in [2.75, 3.05) is 24.7 Å². The largest absolute Gasteiger partial charge is 0.396 e. The lowest BCUT2D eigenvalue weighted by molar-refractivity contribution is 0.296. The van der Waals surface area contributed by atoms with E-state index in [2.05, 4.69) is 36.5 Å². The highest BCUT2D eigenvalue weighted by Gasteiger charge is 1.93. The fraction of sp³-hybridized carbons (Fsp3) is 0.538. The molecule has 0 aliphatic rings. The van der Waals surface area contributed by atoms with Crippen LogP contribution < -0.4 is 5.32 Å². The van der Waals surface area contributed by atoms with Crippen LogP contribution in [0.4, 0.5) is 0 Å². The average molecular weight is 239 g/mol. The molecule has 90 valence electrons. The van der Waals surface area contributed by atoms with Crippen molar-refractivity contribution in [3.8, 4) is 0 Å². The molecule has 0 aromatic heterocycles. The second-order valence-electron chi connectivity index (χ2n) is 3.86. The van der Waals surface area contributed by atoms with Gasteiger partial charge in [0.2, 0.25) is 0 Å². The van der Waals surface area contributed by atoms with Crippen molar-refractivity contribution in [1.29, 1.82) is 0 Å². The summed E-state index contributed by atoms with van der Waals surface area (Å²) in [5.74, 6) is 2.18. The van der Waals surface area contributed by atoms with Gasteiger partial charge in [-0.05, 0) is 24.7 Å². The summed E-state index contributed by atoms with van der Waals surface area (Å²) in [6.45, 7) is 4.41. The van der Waals surface area contributed by atoms with E-state index in [4.69, 9.17) is 5.11 Å². The SMILES string of the molecule is Cc1cccc(CNCCSCCCO)c1. The molecule has 0 unspecified atom stereocenters. The molecule has 0 radical (unpaired) electrons. The summed E-state index contributed by atoms with van der Waals surface area (Å²) < 4.78 is 0. The van der Waals surface area contributed by atoms with Crippen molar-refractivity contribution in [3.05, 3.63) is 35.4 Å². The zero-order valence-corrected chi connectivity index (χ0v) is 10.7. The Kier molecular flexibility index (Phi) is 7.30. The van der Waals surface area contributed by atoms with E-state index in [1.807, 2.05) is 11.8 Å². The highest BCUT2D eigenvalue weighted by Crippen LogP contribution is 2.04. The zero-order chi connectivity index (χ0) is 11.6. The van der Waals surface area contributed by atoms with E-state index in [-0.39, 0.29) is 0 Å². The Morgan fingerprint density at radius 1 is 1.31 bits per heavy atom. The summed E-state index contributed by atoms with van der Waals surface area (Å²) in [6.07, 6.45) is 0.905. The minimum Gasteiger partial charge on any atom is -0.396 e. The maximum atomic E-state index is 8.61. The molecule has 0 aliphatic carbocycles. The molecule has 0 saturated carbocycles. The predicted molar refractivity (Wildman–Crippen MR) is 71.9 cm³/mol. The van der Waals surface area contributed by atoms with Gasteiger partial charge in [0.15, 0.2) is 0 Å². The first kappa shape index (κ1) is 13.6. The number of hydrogen-bond donors (Lipinski definition) is 2. The normalized spacial score (nSPS) is 10.6. The number of aliphatic hydroxyl groups is 1. The average Bonchev–Trinajstić information content (AvgIpc) is 2.28. The van der Waals surface area contributed by atoms with Gasteiger partial charge in [-0.25, -0.2) is 0 Å². The number of aryl methyl sites for hydroxylation is 1. The third-order valence-corrected chi connectivity index (χ3v) is 3.35. The van der Waals surface area contributed by atoms with Crippen LogP contribution in [0.2, 0.25) is 0 Å². The molecular formula is C13H21NOS. The van der Waals surface area contributed by atoms with Crippen molar-refractivity contribution >= 4 is 11.8 Å². The third kappa shape index (κ3) is 6.16. The van der Waals surface area contributed by atoms with Crippen LogP contribution in [0.1, 0.15) is 17.5 Å². The van der Waals surface area contributed by atoms with Crippen molar-refractivity contribution in [1.82, 2.24) is 5.32 Å². The number of nitrogens with one attached hydrogen (secondary N) is 1. The molecule has 0 bridgehead atoms. The minimum atomic E-state index is 0.309. The summed E-state index contributed by atoms with van der Waals surface area (Å²) >= 11 is 1.89. The van der Waals surface area contributed by atoms with E-state index in [0.29, 0.717) is 6.61 Å². The van der Waals surface area contributed by atoms with Gasteiger partial charge in [-0.2, -0.15) is 11.8 Å². The second kappa shape index (κ2) is 8.62. The van der Waals surface area contributed by atoms with Crippen LogP contribution in [0.5, 0.6) is 0 Å². The molecule has 0 atom stereocenters. The molecule has 1 rings (SSSR count). The summed E-state index contributed by atoms with van der Waals surface area (Å²) in [5.41, 5.74) is 2.66. The van der Waals surface area contributed by atoms with Crippen LogP contribution in [-0.4, -0.2) is 29.8 Å². The van der Waals surface area contributed by atoms with E-state index < -0.39 is 0 Å². The van der Waals surface area contributed by atoms with Gasteiger partial charge in [0, 0.05) is 25.4 Å². The Morgan fingerprint density at radius 3 is 2.94 bits per heavy atom. The van der Waals surface area contributed by atoms with E-state index in [9.17, 15) is 0 Å². The first-order valence-electron chi connectivity index (χ1n) is 5.78. The third-order valence-electron chi connectivity index (χ3n) is 2.28. The maximum absolute atomic E-state index is 8.61. The molecule has 0 amide bonds. The van der Waals surface area contributed by atoms with E-state index in [1.165, 1.54) is 11.1 Å². The lowest BCUT2D eigenvalue weighted by atomic mass is 10.1. The molecule has 0 spiro atoms. The van der Waals surface area contributed by atoms with Crippen molar-refractivity contribution in [3.63, 3.8) is 0 Å². The van der Waals surface area contributed by atoms with Crippen molar-refractivity contribution in [2.45, 2.75) is 19.9 Å². The van der Waals surface area contributed by atoms with Crippen LogP contribution in [-0.2, 0) is 6.54 Å². The van der Waals surface area contributed by atoms with Crippen LogP contribution in [0.3, 0.4) is 0 Å². The van der Waals surface area contributed by atoms with E-state index in [0.717, 1.165) is 31.0 Å². The van der Waals surface area contributed by atoms with E-state index in [1.54, 1.807) is 0 Å². The van der Waals surface area contributed by atoms with Gasteiger partial charge in [-0.15, -0.1) is 0 Å². The molecular weight excluding hydrogens is 218 g/mol. The molecule has 3 heteroatoms. The number of benzene rings is 1. The standard InChI is InChI=1S/C13H21NOS/c1-12-4-2-5-13(10-12)11-14-6-9-16-8-3-7-15/h2,4-5,10,14-15H,3,6-9,11H2,1H3. The molecule has 0 fully saturated rings.